The molecule has 1 aromatic carbocycles. The molecular weight excluding hydrogens is 435 g/mol. The Hall–Kier alpha value is -3.43. The van der Waals surface area contributed by atoms with E-state index in [1.54, 1.807) is 6.07 Å². The van der Waals surface area contributed by atoms with Crippen molar-refractivity contribution in [1.29, 1.82) is 0 Å². The maximum absolute atomic E-state index is 14.1. The van der Waals surface area contributed by atoms with Crippen LogP contribution in [0.5, 0.6) is 5.75 Å². The average Bonchev–Trinajstić information content (AvgIpc) is 3.05. The van der Waals surface area contributed by atoms with Crippen molar-refractivity contribution < 1.29 is 32.7 Å². The van der Waals surface area contributed by atoms with Gasteiger partial charge in [0.25, 0.3) is 0 Å². The number of carbonyl (C=O) groups excluding carboxylic acids is 3. The van der Waals surface area contributed by atoms with Crippen LogP contribution < -0.4 is 10.4 Å². The lowest BCUT2D eigenvalue weighted by molar-refractivity contribution is -0.140. The van der Waals surface area contributed by atoms with Crippen molar-refractivity contribution >= 4 is 28.9 Å². The molecule has 1 aromatic heterocycles. The van der Waals surface area contributed by atoms with Crippen molar-refractivity contribution in [2.24, 2.45) is 0 Å². The van der Waals surface area contributed by atoms with Gasteiger partial charge >= 0.3 is 17.6 Å². The first-order valence-corrected chi connectivity index (χ1v) is 10.9. The summed E-state index contributed by atoms with van der Waals surface area (Å²) in [6.07, 6.45) is 2.43. The highest BCUT2D eigenvalue weighted by molar-refractivity contribution is 6.02. The van der Waals surface area contributed by atoms with E-state index in [0.29, 0.717) is 37.2 Å². The largest absolute Gasteiger partial charge is 0.493 e. The van der Waals surface area contributed by atoms with Crippen LogP contribution in [0.1, 0.15) is 38.2 Å². The van der Waals surface area contributed by atoms with E-state index in [0.717, 1.165) is 12.5 Å². The van der Waals surface area contributed by atoms with Crippen molar-refractivity contribution in [2.45, 2.75) is 39.0 Å². The molecule has 0 atom stereocenters. The van der Waals surface area contributed by atoms with Gasteiger partial charge in [0.2, 0.25) is 5.91 Å². The number of hydrogen-bond donors (Lipinski definition) is 0. The molecule has 178 valence electrons. The first kappa shape index (κ1) is 24.2. The maximum atomic E-state index is 14.1. The van der Waals surface area contributed by atoms with Crippen LogP contribution in [0, 0.1) is 5.82 Å². The molecule has 3 amide bonds. The predicted octanol–water partition coefficient (Wildman–Crippen LogP) is 2.87. The lowest BCUT2D eigenvalue weighted by Crippen LogP contribution is -2.34. The Balaban J connectivity index is 1.54. The topological polar surface area (TPSA) is 106 Å². The van der Waals surface area contributed by atoms with Crippen molar-refractivity contribution in [2.75, 3.05) is 33.4 Å². The number of carbonyl (C=O) groups is 3. The molecule has 1 fully saturated rings. The quantitative estimate of drug-likeness (QED) is 0.219. The summed E-state index contributed by atoms with van der Waals surface area (Å²) in [5, 5.41) is 0.230. The molecule has 0 N–H and O–H groups in total. The number of amides is 3. The number of imide groups is 1. The summed E-state index contributed by atoms with van der Waals surface area (Å²) in [7, 11) is 1.27. The third kappa shape index (κ3) is 5.68. The highest BCUT2D eigenvalue weighted by Crippen LogP contribution is 2.30. The summed E-state index contributed by atoms with van der Waals surface area (Å²) in [4.78, 5) is 49.9. The van der Waals surface area contributed by atoms with Crippen LogP contribution in [0.15, 0.2) is 27.4 Å². The van der Waals surface area contributed by atoms with Gasteiger partial charge in [-0.15, -0.1) is 0 Å². The van der Waals surface area contributed by atoms with E-state index in [1.165, 1.54) is 23.0 Å². The molecule has 3 rings (SSSR count). The lowest BCUT2D eigenvalue weighted by atomic mass is 10.0. The van der Waals surface area contributed by atoms with Gasteiger partial charge in [0, 0.05) is 18.7 Å². The van der Waals surface area contributed by atoms with E-state index < -0.39 is 23.4 Å². The fraction of sp³-hybridized carbons (Fsp3) is 0.478. The zero-order chi connectivity index (χ0) is 24.0. The number of hydrogen-bond acceptors (Lipinski definition) is 7. The summed E-state index contributed by atoms with van der Waals surface area (Å²) >= 11 is 0. The van der Waals surface area contributed by atoms with Crippen LogP contribution in [0.4, 0.5) is 9.18 Å². The van der Waals surface area contributed by atoms with Crippen molar-refractivity contribution in [3.63, 3.8) is 0 Å². The molecule has 1 aliphatic heterocycles. The van der Waals surface area contributed by atoms with Crippen molar-refractivity contribution in [1.82, 2.24) is 9.80 Å². The van der Waals surface area contributed by atoms with Crippen molar-refractivity contribution in [3.8, 4) is 5.75 Å². The van der Waals surface area contributed by atoms with Gasteiger partial charge in [-0.25, -0.2) is 14.0 Å². The van der Waals surface area contributed by atoms with E-state index in [-0.39, 0.29) is 42.9 Å². The van der Waals surface area contributed by atoms with E-state index in [9.17, 15) is 23.6 Å². The fourth-order valence-electron chi connectivity index (χ4n) is 3.72. The number of methoxy groups -OCH3 is 1. The number of nitrogens with zero attached hydrogens (tertiary/aromatic N) is 2. The van der Waals surface area contributed by atoms with E-state index in [2.05, 4.69) is 4.74 Å². The molecular formula is C23H27FN2O7. The second-order valence-electron chi connectivity index (χ2n) is 7.71. The molecule has 1 aliphatic rings. The molecule has 33 heavy (non-hydrogen) atoms. The Labute approximate surface area is 190 Å². The first-order valence-electron chi connectivity index (χ1n) is 10.9. The second kappa shape index (κ2) is 10.9. The molecule has 10 heteroatoms. The van der Waals surface area contributed by atoms with E-state index >= 15 is 0 Å². The minimum atomic E-state index is -0.755. The van der Waals surface area contributed by atoms with Gasteiger partial charge in [-0.3, -0.25) is 14.5 Å². The van der Waals surface area contributed by atoms with Gasteiger partial charge in [0.1, 0.15) is 23.7 Å². The Kier molecular flexibility index (Phi) is 8.02. The van der Waals surface area contributed by atoms with Crippen molar-refractivity contribution in [3.05, 3.63) is 40.0 Å². The highest BCUT2D eigenvalue weighted by atomic mass is 19.1. The minimum Gasteiger partial charge on any atom is -0.493 e. The zero-order valence-corrected chi connectivity index (χ0v) is 18.7. The van der Waals surface area contributed by atoms with Crippen LogP contribution in [0.2, 0.25) is 0 Å². The Morgan fingerprint density at radius 2 is 1.97 bits per heavy atom. The van der Waals surface area contributed by atoms with Crippen LogP contribution >= 0.6 is 0 Å². The van der Waals surface area contributed by atoms with Crippen LogP contribution in [-0.4, -0.2) is 61.1 Å². The van der Waals surface area contributed by atoms with Crippen LogP contribution in [-0.2, 0) is 20.7 Å². The van der Waals surface area contributed by atoms with E-state index in [1.807, 2.05) is 6.92 Å². The molecule has 0 bridgehead atoms. The number of halogens is 1. The van der Waals surface area contributed by atoms with Crippen LogP contribution in [0.3, 0.4) is 0 Å². The second-order valence-corrected chi connectivity index (χ2v) is 7.71. The standard InChI is InChI=1S/C23H27FN2O7/c1-3-6-16-18(8-7-15-17(24)13-21(29)33-22(15)16)32-12-5-4-10-26-19(27)14-25(23(26)30)11-9-20(28)31-2/h7-8,13H,3-6,9-12,14H2,1-2H3. The van der Waals surface area contributed by atoms with Gasteiger partial charge in [0.15, 0.2) is 0 Å². The fourth-order valence-corrected chi connectivity index (χ4v) is 3.72. The van der Waals surface area contributed by atoms with Crippen LogP contribution in [0.25, 0.3) is 11.0 Å². The number of ether oxygens (including phenoxy) is 2. The minimum absolute atomic E-state index is 0.0348. The third-order valence-electron chi connectivity index (χ3n) is 5.40. The highest BCUT2D eigenvalue weighted by Gasteiger charge is 2.35. The number of fused-ring (bicyclic) bond motifs is 1. The number of aryl methyl sites for hydroxylation is 1. The molecule has 2 heterocycles. The number of rotatable bonds is 11. The maximum Gasteiger partial charge on any atom is 0.339 e. The van der Waals surface area contributed by atoms with Gasteiger partial charge < -0.3 is 18.8 Å². The summed E-state index contributed by atoms with van der Waals surface area (Å²) in [5.41, 5.74) is 0.0764. The number of benzene rings is 1. The molecule has 2 aromatic rings. The SMILES string of the molecule is CCCc1c(OCCCCN2C(=O)CN(CCC(=O)OC)C2=O)ccc2c(F)cc(=O)oc12. The van der Waals surface area contributed by atoms with E-state index in [4.69, 9.17) is 9.15 Å². The average molecular weight is 462 g/mol. The Morgan fingerprint density at radius 3 is 2.70 bits per heavy atom. The molecule has 0 aliphatic carbocycles. The third-order valence-corrected chi connectivity index (χ3v) is 5.40. The molecule has 0 spiro atoms. The summed E-state index contributed by atoms with van der Waals surface area (Å²) < 4.78 is 29.8. The van der Waals surface area contributed by atoms with Gasteiger partial charge in [-0.1, -0.05) is 13.3 Å². The normalized spacial score (nSPS) is 13.8. The summed E-state index contributed by atoms with van der Waals surface area (Å²) in [5.74, 6) is -0.863. The number of esters is 1. The van der Waals surface area contributed by atoms with Gasteiger partial charge in [-0.2, -0.15) is 0 Å². The molecule has 0 radical (unpaired) electrons. The molecule has 0 saturated carbocycles. The lowest BCUT2D eigenvalue weighted by Gasteiger charge is -2.17. The smallest absolute Gasteiger partial charge is 0.339 e. The molecule has 0 unspecified atom stereocenters. The zero-order valence-electron chi connectivity index (χ0n) is 18.7. The Bertz CT molecular complexity index is 1100. The number of urea groups is 1. The van der Waals surface area contributed by atoms with Gasteiger partial charge in [-0.05, 0) is 31.4 Å². The first-order chi connectivity index (χ1) is 15.8. The molecule has 9 nitrogen and oxygen atoms in total. The van der Waals surface area contributed by atoms with Gasteiger partial charge in [0.05, 0.1) is 31.6 Å². The monoisotopic (exact) mass is 462 g/mol. The molecule has 1 saturated heterocycles. The Morgan fingerprint density at radius 1 is 1.18 bits per heavy atom. The summed E-state index contributed by atoms with van der Waals surface area (Å²) in [6, 6.07) is 3.58. The predicted molar refractivity (Wildman–Crippen MR) is 116 cm³/mol. The summed E-state index contributed by atoms with van der Waals surface area (Å²) in [6.45, 7) is 2.60. The number of unbranched alkanes of at least 4 members (excludes halogenated alkanes) is 1.